The van der Waals surface area contributed by atoms with Gasteiger partial charge in [-0.25, -0.2) is 15.0 Å². The van der Waals surface area contributed by atoms with E-state index in [0.29, 0.717) is 5.92 Å². The Kier molecular flexibility index (Phi) is 3.23. The Balaban J connectivity index is 1.69. The quantitative estimate of drug-likeness (QED) is 0.918. The van der Waals surface area contributed by atoms with Gasteiger partial charge in [0.15, 0.2) is 0 Å². The number of thiazole rings is 1. The smallest absolute Gasteiger partial charge is 0.132 e. The molecule has 5 heteroatoms. The van der Waals surface area contributed by atoms with Gasteiger partial charge in [0, 0.05) is 35.3 Å². The summed E-state index contributed by atoms with van der Waals surface area (Å²) in [6, 6.07) is 0. The lowest BCUT2D eigenvalue weighted by Crippen LogP contribution is -2.12. The maximum Gasteiger partial charge on any atom is 0.132 e. The molecule has 0 bridgehead atoms. The number of anilines is 1. The second-order valence-corrected chi connectivity index (χ2v) is 5.58. The van der Waals surface area contributed by atoms with Crippen molar-refractivity contribution in [1.82, 2.24) is 15.0 Å². The predicted octanol–water partition coefficient (Wildman–Crippen LogP) is 2.64. The van der Waals surface area contributed by atoms with Crippen LogP contribution < -0.4 is 5.32 Å². The van der Waals surface area contributed by atoms with E-state index in [0.717, 1.165) is 25.2 Å². The Hall–Kier alpha value is -1.49. The SMILES string of the molecule is CC(CNc1ncnc2c1CCC2)c1nccs1. The molecule has 3 rings (SSSR count). The lowest BCUT2D eigenvalue weighted by atomic mass is 10.2. The van der Waals surface area contributed by atoms with Crippen molar-refractivity contribution in [2.75, 3.05) is 11.9 Å². The van der Waals surface area contributed by atoms with Crippen molar-refractivity contribution >= 4 is 17.2 Å². The van der Waals surface area contributed by atoms with Crippen LogP contribution in [0, 0.1) is 0 Å². The van der Waals surface area contributed by atoms with Crippen molar-refractivity contribution in [3.63, 3.8) is 0 Å². The normalized spacial score (nSPS) is 15.4. The Bertz CT molecular complexity index is 524. The summed E-state index contributed by atoms with van der Waals surface area (Å²) in [7, 11) is 0. The molecule has 1 aliphatic carbocycles. The number of fused-ring (bicyclic) bond motifs is 1. The third kappa shape index (κ3) is 2.22. The van der Waals surface area contributed by atoms with Crippen molar-refractivity contribution in [1.29, 1.82) is 0 Å². The summed E-state index contributed by atoms with van der Waals surface area (Å²) in [5, 5.41) is 6.64. The molecule has 0 fully saturated rings. The van der Waals surface area contributed by atoms with E-state index in [4.69, 9.17) is 0 Å². The monoisotopic (exact) mass is 260 g/mol. The van der Waals surface area contributed by atoms with Crippen LogP contribution in [0.25, 0.3) is 0 Å². The molecule has 4 nitrogen and oxygen atoms in total. The first-order valence-corrected chi connectivity index (χ1v) is 7.18. The van der Waals surface area contributed by atoms with Gasteiger partial charge in [0.2, 0.25) is 0 Å². The summed E-state index contributed by atoms with van der Waals surface area (Å²) in [5.41, 5.74) is 2.53. The Morgan fingerprint density at radius 2 is 2.28 bits per heavy atom. The first-order valence-electron chi connectivity index (χ1n) is 6.30. The molecule has 1 aliphatic rings. The highest BCUT2D eigenvalue weighted by molar-refractivity contribution is 7.09. The van der Waals surface area contributed by atoms with Gasteiger partial charge in [-0.3, -0.25) is 0 Å². The fraction of sp³-hybridized carbons (Fsp3) is 0.462. The van der Waals surface area contributed by atoms with Gasteiger partial charge < -0.3 is 5.32 Å². The van der Waals surface area contributed by atoms with E-state index in [-0.39, 0.29) is 0 Å². The van der Waals surface area contributed by atoms with Crippen molar-refractivity contribution in [3.05, 3.63) is 34.2 Å². The average Bonchev–Trinajstić information content (AvgIpc) is 3.05. The van der Waals surface area contributed by atoms with E-state index in [9.17, 15) is 0 Å². The predicted molar refractivity (Wildman–Crippen MR) is 73.1 cm³/mol. The fourth-order valence-electron chi connectivity index (χ4n) is 2.33. The molecular formula is C13H16N4S. The molecular weight excluding hydrogens is 244 g/mol. The minimum atomic E-state index is 0.414. The second-order valence-electron chi connectivity index (χ2n) is 4.65. The van der Waals surface area contributed by atoms with Gasteiger partial charge >= 0.3 is 0 Å². The summed E-state index contributed by atoms with van der Waals surface area (Å²) in [5.74, 6) is 1.43. The van der Waals surface area contributed by atoms with Crippen molar-refractivity contribution in [2.24, 2.45) is 0 Å². The zero-order chi connectivity index (χ0) is 12.4. The van der Waals surface area contributed by atoms with Crippen LogP contribution in [0.3, 0.4) is 0 Å². The van der Waals surface area contributed by atoms with Gasteiger partial charge in [-0.1, -0.05) is 6.92 Å². The minimum absolute atomic E-state index is 0.414. The van der Waals surface area contributed by atoms with Crippen LogP contribution in [-0.4, -0.2) is 21.5 Å². The molecule has 0 amide bonds. The Morgan fingerprint density at radius 3 is 3.11 bits per heavy atom. The molecule has 0 aliphatic heterocycles. The van der Waals surface area contributed by atoms with Gasteiger partial charge in [0.25, 0.3) is 0 Å². The summed E-state index contributed by atoms with van der Waals surface area (Å²) in [4.78, 5) is 13.0. The number of hydrogen-bond acceptors (Lipinski definition) is 5. The second kappa shape index (κ2) is 5.02. The summed E-state index contributed by atoms with van der Waals surface area (Å²) in [6.45, 7) is 3.06. The van der Waals surface area contributed by atoms with Crippen LogP contribution in [-0.2, 0) is 12.8 Å². The van der Waals surface area contributed by atoms with Crippen LogP contribution in [0.1, 0.15) is 35.5 Å². The molecule has 1 unspecified atom stereocenters. The highest BCUT2D eigenvalue weighted by atomic mass is 32.1. The Morgan fingerprint density at radius 1 is 1.33 bits per heavy atom. The lowest BCUT2D eigenvalue weighted by Gasteiger charge is -2.12. The van der Waals surface area contributed by atoms with E-state index in [1.165, 1.54) is 22.7 Å². The lowest BCUT2D eigenvalue weighted by molar-refractivity contribution is 0.789. The number of hydrogen-bond donors (Lipinski definition) is 1. The molecule has 0 saturated heterocycles. The Labute approximate surface area is 111 Å². The van der Waals surface area contributed by atoms with Crippen molar-refractivity contribution in [3.8, 4) is 0 Å². The highest BCUT2D eigenvalue weighted by Gasteiger charge is 2.17. The average molecular weight is 260 g/mol. The standard InChI is InChI=1S/C13H16N4S/c1-9(13-14-5-6-18-13)7-15-12-10-3-2-4-11(10)16-8-17-12/h5-6,8-9H,2-4,7H2,1H3,(H,15,16,17). The number of nitrogens with one attached hydrogen (secondary N) is 1. The van der Waals surface area contributed by atoms with E-state index >= 15 is 0 Å². The topological polar surface area (TPSA) is 50.7 Å². The van der Waals surface area contributed by atoms with Crippen LogP contribution in [0.4, 0.5) is 5.82 Å². The van der Waals surface area contributed by atoms with Crippen molar-refractivity contribution in [2.45, 2.75) is 32.1 Å². The summed E-state index contributed by atoms with van der Waals surface area (Å²) < 4.78 is 0. The van der Waals surface area contributed by atoms with E-state index < -0.39 is 0 Å². The first-order chi connectivity index (χ1) is 8.84. The van der Waals surface area contributed by atoms with Crippen LogP contribution in [0.15, 0.2) is 17.9 Å². The number of aromatic nitrogens is 3. The molecule has 2 aromatic rings. The fourth-order valence-corrected chi connectivity index (χ4v) is 3.03. The molecule has 18 heavy (non-hydrogen) atoms. The number of nitrogens with zero attached hydrogens (tertiary/aromatic N) is 3. The molecule has 0 radical (unpaired) electrons. The molecule has 1 atom stereocenters. The molecule has 94 valence electrons. The third-order valence-electron chi connectivity index (χ3n) is 3.32. The van der Waals surface area contributed by atoms with E-state index in [1.807, 2.05) is 11.6 Å². The maximum absolute atomic E-state index is 4.36. The molecule has 2 heterocycles. The summed E-state index contributed by atoms with van der Waals surface area (Å²) in [6.07, 6.45) is 6.92. The zero-order valence-corrected chi connectivity index (χ0v) is 11.2. The van der Waals surface area contributed by atoms with Crippen LogP contribution >= 0.6 is 11.3 Å². The van der Waals surface area contributed by atoms with E-state index in [1.54, 1.807) is 17.7 Å². The summed E-state index contributed by atoms with van der Waals surface area (Å²) >= 11 is 1.71. The van der Waals surface area contributed by atoms with Gasteiger partial charge in [0.05, 0.1) is 5.01 Å². The molecule has 1 N–H and O–H groups in total. The van der Waals surface area contributed by atoms with Gasteiger partial charge in [-0.2, -0.15) is 0 Å². The third-order valence-corrected chi connectivity index (χ3v) is 4.33. The molecule has 2 aromatic heterocycles. The van der Waals surface area contributed by atoms with Gasteiger partial charge in [0.1, 0.15) is 12.1 Å². The largest absolute Gasteiger partial charge is 0.369 e. The first kappa shape index (κ1) is 11.6. The molecule has 0 spiro atoms. The zero-order valence-electron chi connectivity index (χ0n) is 10.4. The molecule has 0 saturated carbocycles. The number of aryl methyl sites for hydroxylation is 1. The van der Waals surface area contributed by atoms with Crippen LogP contribution in [0.2, 0.25) is 0 Å². The minimum Gasteiger partial charge on any atom is -0.369 e. The van der Waals surface area contributed by atoms with E-state index in [2.05, 4.69) is 27.2 Å². The maximum atomic E-state index is 4.36. The van der Waals surface area contributed by atoms with Gasteiger partial charge in [-0.05, 0) is 19.3 Å². The van der Waals surface area contributed by atoms with Gasteiger partial charge in [-0.15, -0.1) is 11.3 Å². The molecule has 0 aromatic carbocycles. The van der Waals surface area contributed by atoms with Crippen LogP contribution in [0.5, 0.6) is 0 Å². The highest BCUT2D eigenvalue weighted by Crippen LogP contribution is 2.26. The number of rotatable bonds is 4. The van der Waals surface area contributed by atoms with Crippen molar-refractivity contribution < 1.29 is 0 Å².